The van der Waals surface area contributed by atoms with Gasteiger partial charge in [0.25, 0.3) is 0 Å². The number of hydrogen-bond donors (Lipinski definition) is 1. The lowest BCUT2D eigenvalue weighted by molar-refractivity contribution is -0.120. The minimum Gasteiger partial charge on any atom is -0.465 e. The van der Waals surface area contributed by atoms with Crippen molar-refractivity contribution >= 4 is 27.6 Å². The lowest BCUT2D eigenvalue weighted by atomic mass is 9.97. The third-order valence-corrected chi connectivity index (χ3v) is 6.88. The lowest BCUT2D eigenvalue weighted by Gasteiger charge is -2.31. The summed E-state index contributed by atoms with van der Waals surface area (Å²) in [6.07, 6.45) is 0.433. The lowest BCUT2D eigenvalue weighted by Crippen LogP contribution is -2.41. The highest BCUT2D eigenvalue weighted by Gasteiger charge is 2.34. The SMILES string of the molecule is COC(=O)c1ccccc1S(=O)(=O)N1CCC(C(=O)Nc2ccc(F)cc2F)CC1. The maximum absolute atomic E-state index is 13.7. The van der Waals surface area contributed by atoms with Gasteiger partial charge in [-0.15, -0.1) is 0 Å². The normalized spacial score (nSPS) is 15.6. The van der Waals surface area contributed by atoms with Crippen molar-refractivity contribution in [3.05, 3.63) is 59.7 Å². The Balaban J connectivity index is 1.69. The van der Waals surface area contributed by atoms with Gasteiger partial charge in [0.1, 0.15) is 11.6 Å². The molecule has 0 spiro atoms. The number of carbonyl (C=O) groups is 2. The van der Waals surface area contributed by atoms with Crippen LogP contribution in [0, 0.1) is 17.6 Å². The number of hydrogen-bond acceptors (Lipinski definition) is 5. The largest absolute Gasteiger partial charge is 0.465 e. The Hall–Kier alpha value is -2.85. The zero-order chi connectivity index (χ0) is 21.9. The molecule has 1 N–H and O–H groups in total. The summed E-state index contributed by atoms with van der Waals surface area (Å²) >= 11 is 0. The predicted molar refractivity (Wildman–Crippen MR) is 104 cm³/mol. The number of esters is 1. The molecule has 0 unspecified atom stereocenters. The van der Waals surface area contributed by atoms with E-state index in [1.54, 1.807) is 0 Å². The van der Waals surface area contributed by atoms with Crippen LogP contribution in [-0.2, 0) is 19.6 Å². The van der Waals surface area contributed by atoms with Gasteiger partial charge in [-0.3, -0.25) is 4.79 Å². The maximum Gasteiger partial charge on any atom is 0.339 e. The molecule has 1 aliphatic heterocycles. The van der Waals surface area contributed by atoms with E-state index in [0.717, 1.165) is 12.1 Å². The molecule has 7 nitrogen and oxygen atoms in total. The number of methoxy groups -OCH3 is 1. The van der Waals surface area contributed by atoms with E-state index < -0.39 is 39.5 Å². The smallest absolute Gasteiger partial charge is 0.339 e. The molecule has 0 aromatic heterocycles. The molecule has 1 fully saturated rings. The molecule has 1 heterocycles. The van der Waals surface area contributed by atoms with E-state index >= 15 is 0 Å². The number of sulfonamides is 1. The number of anilines is 1. The molecule has 0 atom stereocenters. The van der Waals surface area contributed by atoms with Crippen molar-refractivity contribution in [3.63, 3.8) is 0 Å². The van der Waals surface area contributed by atoms with Gasteiger partial charge in [0.2, 0.25) is 15.9 Å². The maximum atomic E-state index is 13.7. The van der Waals surface area contributed by atoms with Crippen molar-refractivity contribution in [2.24, 2.45) is 5.92 Å². The van der Waals surface area contributed by atoms with Crippen LogP contribution in [0.3, 0.4) is 0 Å². The first-order valence-electron chi connectivity index (χ1n) is 9.17. The third-order valence-electron chi connectivity index (χ3n) is 4.92. The number of rotatable bonds is 5. The Kier molecular flexibility index (Phi) is 6.47. The molecule has 1 saturated heterocycles. The second-order valence-corrected chi connectivity index (χ2v) is 8.69. The molecule has 3 rings (SSSR count). The van der Waals surface area contributed by atoms with Gasteiger partial charge in [-0.2, -0.15) is 4.31 Å². The molecule has 0 bridgehead atoms. The number of halogens is 2. The zero-order valence-corrected chi connectivity index (χ0v) is 16.9. The van der Waals surface area contributed by atoms with Crippen molar-refractivity contribution in [1.82, 2.24) is 4.31 Å². The van der Waals surface area contributed by atoms with Crippen LogP contribution in [0.1, 0.15) is 23.2 Å². The van der Waals surface area contributed by atoms with E-state index in [1.807, 2.05) is 0 Å². The molecule has 0 aliphatic carbocycles. The first-order chi connectivity index (χ1) is 14.2. The molecule has 10 heteroatoms. The number of benzene rings is 2. The summed E-state index contributed by atoms with van der Waals surface area (Å²) in [5, 5.41) is 2.41. The van der Waals surface area contributed by atoms with Gasteiger partial charge < -0.3 is 10.1 Å². The first-order valence-corrected chi connectivity index (χ1v) is 10.6. The Bertz CT molecular complexity index is 1070. The van der Waals surface area contributed by atoms with Crippen molar-refractivity contribution in [3.8, 4) is 0 Å². The number of nitrogens with one attached hydrogen (secondary N) is 1. The third kappa shape index (κ3) is 4.49. The second kappa shape index (κ2) is 8.88. The van der Waals surface area contributed by atoms with E-state index in [2.05, 4.69) is 10.1 Å². The molecule has 1 amide bonds. The minimum atomic E-state index is -3.97. The molecule has 2 aromatic carbocycles. The first kappa shape index (κ1) is 21.8. The summed E-state index contributed by atoms with van der Waals surface area (Å²) in [6.45, 7) is 0.115. The van der Waals surface area contributed by atoms with Crippen LogP contribution in [0.4, 0.5) is 14.5 Å². The minimum absolute atomic E-state index is 0.0574. The van der Waals surface area contributed by atoms with Crippen LogP contribution in [0.5, 0.6) is 0 Å². The van der Waals surface area contributed by atoms with Gasteiger partial charge in [0.15, 0.2) is 0 Å². The number of piperidine rings is 1. The molecular formula is C20H20F2N2O5S. The summed E-state index contributed by atoms with van der Waals surface area (Å²) < 4.78 is 58.6. The summed E-state index contributed by atoms with van der Waals surface area (Å²) in [7, 11) is -2.80. The molecule has 2 aromatic rings. The Morgan fingerprint density at radius 2 is 1.77 bits per heavy atom. The van der Waals surface area contributed by atoms with Crippen molar-refractivity contribution < 1.29 is 31.5 Å². The summed E-state index contributed by atoms with van der Waals surface area (Å²) in [6, 6.07) is 8.59. The van der Waals surface area contributed by atoms with Gasteiger partial charge in [0, 0.05) is 25.1 Å². The van der Waals surface area contributed by atoms with Gasteiger partial charge in [-0.1, -0.05) is 12.1 Å². The molecule has 160 valence electrons. The van der Waals surface area contributed by atoms with E-state index in [0.29, 0.717) is 6.07 Å². The standard InChI is InChI=1S/C20H20F2N2O5S/c1-29-20(26)15-4-2-3-5-18(15)30(27,28)24-10-8-13(9-11-24)19(25)23-17-7-6-14(21)12-16(17)22/h2-7,12-13H,8-11H2,1H3,(H,23,25). The average molecular weight is 438 g/mol. The van der Waals surface area contributed by atoms with Crippen LogP contribution < -0.4 is 5.32 Å². The fourth-order valence-electron chi connectivity index (χ4n) is 3.29. The Morgan fingerprint density at radius 3 is 2.40 bits per heavy atom. The van der Waals surface area contributed by atoms with Crippen LogP contribution in [-0.4, -0.2) is 44.8 Å². The van der Waals surface area contributed by atoms with Gasteiger partial charge in [0.05, 0.1) is 23.3 Å². The van der Waals surface area contributed by atoms with Gasteiger partial charge in [-0.05, 0) is 37.1 Å². The van der Waals surface area contributed by atoms with E-state index in [1.165, 1.54) is 35.7 Å². The highest BCUT2D eigenvalue weighted by molar-refractivity contribution is 7.89. The highest BCUT2D eigenvalue weighted by atomic mass is 32.2. The van der Waals surface area contributed by atoms with Crippen molar-refractivity contribution in [1.29, 1.82) is 0 Å². The van der Waals surface area contributed by atoms with Crippen LogP contribution >= 0.6 is 0 Å². The van der Waals surface area contributed by atoms with Crippen molar-refractivity contribution in [2.45, 2.75) is 17.7 Å². The molecule has 30 heavy (non-hydrogen) atoms. The Labute approximate surface area is 172 Å². The fraction of sp³-hybridized carbons (Fsp3) is 0.300. The number of amides is 1. The monoisotopic (exact) mass is 438 g/mol. The van der Waals surface area contributed by atoms with Crippen LogP contribution in [0.2, 0.25) is 0 Å². The molecule has 0 radical (unpaired) electrons. The van der Waals surface area contributed by atoms with Gasteiger partial charge >= 0.3 is 5.97 Å². The molecule has 0 saturated carbocycles. The zero-order valence-electron chi connectivity index (χ0n) is 16.1. The van der Waals surface area contributed by atoms with E-state index in [9.17, 15) is 26.8 Å². The fourth-order valence-corrected chi connectivity index (χ4v) is 4.94. The van der Waals surface area contributed by atoms with Crippen LogP contribution in [0.25, 0.3) is 0 Å². The predicted octanol–water partition coefficient (Wildman–Crippen LogP) is 2.79. The van der Waals surface area contributed by atoms with Crippen LogP contribution in [0.15, 0.2) is 47.4 Å². The molecular weight excluding hydrogens is 418 g/mol. The summed E-state index contributed by atoms with van der Waals surface area (Å²) in [4.78, 5) is 24.2. The van der Waals surface area contributed by atoms with Crippen molar-refractivity contribution in [2.75, 3.05) is 25.5 Å². The van der Waals surface area contributed by atoms with E-state index in [4.69, 9.17) is 0 Å². The second-order valence-electron chi connectivity index (χ2n) is 6.78. The van der Waals surface area contributed by atoms with E-state index in [-0.39, 0.29) is 42.1 Å². The number of nitrogens with zero attached hydrogens (tertiary/aromatic N) is 1. The number of carbonyl (C=O) groups excluding carboxylic acids is 2. The molecule has 1 aliphatic rings. The quantitative estimate of drug-likeness (QED) is 0.725. The topological polar surface area (TPSA) is 92.8 Å². The average Bonchev–Trinajstić information content (AvgIpc) is 2.75. The summed E-state index contributed by atoms with van der Waals surface area (Å²) in [5.74, 6) is -3.40. The summed E-state index contributed by atoms with van der Waals surface area (Å²) in [5.41, 5.74) is -0.199. The van der Waals surface area contributed by atoms with Gasteiger partial charge in [-0.25, -0.2) is 22.0 Å². The number of ether oxygens (including phenoxy) is 1. The Morgan fingerprint density at radius 1 is 1.10 bits per heavy atom. The highest BCUT2D eigenvalue weighted by Crippen LogP contribution is 2.27.